The van der Waals surface area contributed by atoms with Gasteiger partial charge in [0.15, 0.2) is 11.5 Å². The van der Waals surface area contributed by atoms with Crippen molar-refractivity contribution in [1.82, 2.24) is 28.6 Å². The van der Waals surface area contributed by atoms with Crippen molar-refractivity contribution in [3.8, 4) is 11.3 Å². The summed E-state index contributed by atoms with van der Waals surface area (Å²) >= 11 is 6.83. The highest BCUT2D eigenvalue weighted by molar-refractivity contribution is 7.88. The SMILES string of the molecule is CS(=O)(=O)N1CCc2c(nc3c(N4CCOCC4)nc(-c4cnc(N)nc4)c(Cl)n23)C1. The second-order valence-corrected chi connectivity index (χ2v) is 9.86. The third-order valence-corrected chi connectivity index (χ3v) is 7.11. The van der Waals surface area contributed by atoms with E-state index in [9.17, 15) is 8.42 Å². The van der Waals surface area contributed by atoms with Crippen LogP contribution in [-0.2, 0) is 27.7 Å². The average molecular weight is 465 g/mol. The number of nitrogen functional groups attached to an aromatic ring is 1. The Labute approximate surface area is 183 Å². The van der Waals surface area contributed by atoms with Crippen LogP contribution in [0, 0.1) is 0 Å². The van der Waals surface area contributed by atoms with E-state index < -0.39 is 10.0 Å². The van der Waals surface area contributed by atoms with Crippen molar-refractivity contribution >= 4 is 39.0 Å². The molecule has 0 unspecified atom stereocenters. The number of nitrogens with zero attached hydrogens (tertiary/aromatic N) is 7. The zero-order valence-electron chi connectivity index (χ0n) is 16.8. The predicted molar refractivity (Wildman–Crippen MR) is 115 cm³/mol. The molecule has 11 nitrogen and oxygen atoms in total. The van der Waals surface area contributed by atoms with E-state index >= 15 is 0 Å². The molecular weight excluding hydrogens is 444 g/mol. The van der Waals surface area contributed by atoms with Crippen LogP contribution in [0.2, 0.25) is 5.15 Å². The Morgan fingerprint density at radius 3 is 2.52 bits per heavy atom. The van der Waals surface area contributed by atoms with E-state index in [4.69, 9.17) is 32.0 Å². The Hall–Kier alpha value is -2.54. The van der Waals surface area contributed by atoms with Gasteiger partial charge in [0, 0.05) is 44.0 Å². The molecule has 2 aliphatic rings. The zero-order valence-corrected chi connectivity index (χ0v) is 18.4. The first kappa shape index (κ1) is 20.4. The molecule has 0 spiro atoms. The van der Waals surface area contributed by atoms with Crippen molar-refractivity contribution in [3.63, 3.8) is 0 Å². The molecule has 0 saturated carbocycles. The van der Waals surface area contributed by atoms with Gasteiger partial charge in [-0.15, -0.1) is 0 Å². The van der Waals surface area contributed by atoms with Crippen molar-refractivity contribution in [3.05, 3.63) is 28.9 Å². The standard InChI is InChI=1S/C18H21ClN8O3S/c1-31(28,29)26-3-2-13-12(10-26)23-17-16(25-4-6-30-7-5-25)24-14(15(19)27(13)17)11-8-21-18(20)22-9-11/h8-9H,2-7,10H2,1H3,(H2,20,21,22). The van der Waals surface area contributed by atoms with Gasteiger partial charge in [-0.2, -0.15) is 4.31 Å². The Kier molecular flexibility index (Phi) is 4.96. The summed E-state index contributed by atoms with van der Waals surface area (Å²) in [6.07, 6.45) is 4.87. The highest BCUT2D eigenvalue weighted by Gasteiger charge is 2.31. The van der Waals surface area contributed by atoms with Crippen LogP contribution in [-0.4, -0.2) is 76.2 Å². The van der Waals surface area contributed by atoms with E-state index in [2.05, 4.69) is 14.9 Å². The third kappa shape index (κ3) is 3.59. The highest BCUT2D eigenvalue weighted by atomic mass is 35.5. The molecule has 0 bridgehead atoms. The molecule has 164 valence electrons. The number of hydrogen-bond acceptors (Lipinski definition) is 9. The van der Waals surface area contributed by atoms with Crippen LogP contribution in [0.25, 0.3) is 16.9 Å². The highest BCUT2D eigenvalue weighted by Crippen LogP contribution is 2.35. The van der Waals surface area contributed by atoms with Crippen molar-refractivity contribution in [2.24, 2.45) is 0 Å². The Morgan fingerprint density at radius 1 is 1.13 bits per heavy atom. The number of anilines is 2. The molecule has 3 aromatic rings. The van der Waals surface area contributed by atoms with Crippen molar-refractivity contribution in [2.45, 2.75) is 13.0 Å². The molecule has 0 radical (unpaired) electrons. The fraction of sp³-hybridized carbons (Fsp3) is 0.444. The minimum Gasteiger partial charge on any atom is -0.378 e. The molecule has 2 N–H and O–H groups in total. The maximum absolute atomic E-state index is 12.1. The van der Waals surface area contributed by atoms with Crippen LogP contribution in [0.1, 0.15) is 11.4 Å². The fourth-order valence-corrected chi connectivity index (χ4v) is 5.06. The van der Waals surface area contributed by atoms with Gasteiger partial charge in [-0.25, -0.2) is 28.4 Å². The first-order valence-corrected chi connectivity index (χ1v) is 12.0. The summed E-state index contributed by atoms with van der Waals surface area (Å²) in [5.41, 5.74) is 8.95. The molecule has 3 aromatic heterocycles. The normalized spacial score (nSPS) is 17.8. The average Bonchev–Trinajstić information content (AvgIpc) is 3.14. The van der Waals surface area contributed by atoms with Crippen LogP contribution in [0.15, 0.2) is 12.4 Å². The van der Waals surface area contributed by atoms with E-state index in [1.807, 2.05) is 4.40 Å². The second-order valence-electron chi connectivity index (χ2n) is 7.51. The number of halogens is 1. The molecule has 0 atom stereocenters. The molecule has 5 rings (SSSR count). The number of nitrogens with two attached hydrogens (primary N) is 1. The molecule has 2 aliphatic heterocycles. The van der Waals surface area contributed by atoms with E-state index in [1.165, 1.54) is 10.6 Å². The quantitative estimate of drug-likeness (QED) is 0.590. The van der Waals surface area contributed by atoms with E-state index in [0.717, 1.165) is 5.69 Å². The Bertz CT molecular complexity index is 1260. The zero-order chi connectivity index (χ0) is 21.8. The van der Waals surface area contributed by atoms with Gasteiger partial charge in [0.25, 0.3) is 0 Å². The van der Waals surface area contributed by atoms with Crippen LogP contribution in [0.4, 0.5) is 11.8 Å². The molecular formula is C18H21ClN8O3S. The fourth-order valence-electron chi connectivity index (χ4n) is 3.94. The van der Waals surface area contributed by atoms with Gasteiger partial charge in [0.2, 0.25) is 16.0 Å². The summed E-state index contributed by atoms with van der Waals surface area (Å²) in [6, 6.07) is 0. The van der Waals surface area contributed by atoms with Crippen molar-refractivity contribution < 1.29 is 13.2 Å². The van der Waals surface area contributed by atoms with Gasteiger partial charge < -0.3 is 15.4 Å². The van der Waals surface area contributed by atoms with Gasteiger partial charge in [-0.1, -0.05) is 11.6 Å². The first-order valence-electron chi connectivity index (χ1n) is 9.78. The van der Waals surface area contributed by atoms with Gasteiger partial charge in [0.05, 0.1) is 37.4 Å². The van der Waals surface area contributed by atoms with Crippen LogP contribution < -0.4 is 10.6 Å². The largest absolute Gasteiger partial charge is 0.378 e. The van der Waals surface area contributed by atoms with Crippen LogP contribution in [0.5, 0.6) is 0 Å². The van der Waals surface area contributed by atoms with E-state index in [-0.39, 0.29) is 12.5 Å². The number of fused-ring (bicyclic) bond motifs is 3. The minimum atomic E-state index is -3.32. The van der Waals surface area contributed by atoms with Gasteiger partial charge >= 0.3 is 0 Å². The molecule has 0 aliphatic carbocycles. The maximum atomic E-state index is 12.1. The lowest BCUT2D eigenvalue weighted by Crippen LogP contribution is -2.37. The number of rotatable bonds is 3. The number of hydrogen-bond donors (Lipinski definition) is 1. The molecule has 31 heavy (non-hydrogen) atoms. The number of ether oxygens (including phenoxy) is 1. The van der Waals surface area contributed by atoms with E-state index in [1.54, 1.807) is 12.4 Å². The molecule has 13 heteroatoms. The molecule has 1 fully saturated rings. The number of sulfonamides is 1. The summed E-state index contributed by atoms with van der Waals surface area (Å²) in [7, 11) is -3.32. The van der Waals surface area contributed by atoms with Crippen molar-refractivity contribution in [2.75, 3.05) is 49.7 Å². The Morgan fingerprint density at radius 2 is 1.84 bits per heavy atom. The summed E-state index contributed by atoms with van der Waals surface area (Å²) in [4.78, 5) is 19.9. The predicted octanol–water partition coefficient (Wildman–Crippen LogP) is 0.576. The number of imidazole rings is 1. The van der Waals surface area contributed by atoms with E-state index in [0.29, 0.717) is 72.8 Å². The van der Waals surface area contributed by atoms with Crippen LogP contribution >= 0.6 is 11.6 Å². The lowest BCUT2D eigenvalue weighted by Gasteiger charge is -2.28. The smallest absolute Gasteiger partial charge is 0.219 e. The molecule has 0 amide bonds. The molecule has 5 heterocycles. The minimum absolute atomic E-state index is 0.162. The van der Waals surface area contributed by atoms with Crippen molar-refractivity contribution in [1.29, 1.82) is 0 Å². The Balaban J connectivity index is 1.73. The first-order chi connectivity index (χ1) is 14.8. The number of morpholine rings is 1. The summed E-state index contributed by atoms with van der Waals surface area (Å²) < 4.78 is 32.9. The lowest BCUT2D eigenvalue weighted by molar-refractivity contribution is 0.122. The topological polar surface area (TPSA) is 132 Å². The summed E-state index contributed by atoms with van der Waals surface area (Å²) in [5, 5.41) is 0.377. The van der Waals surface area contributed by atoms with Gasteiger partial charge in [0.1, 0.15) is 10.8 Å². The van der Waals surface area contributed by atoms with Gasteiger partial charge in [-0.05, 0) is 0 Å². The molecule has 1 saturated heterocycles. The monoisotopic (exact) mass is 464 g/mol. The maximum Gasteiger partial charge on any atom is 0.219 e. The van der Waals surface area contributed by atoms with Crippen LogP contribution in [0.3, 0.4) is 0 Å². The molecule has 0 aromatic carbocycles. The summed E-state index contributed by atoms with van der Waals surface area (Å²) in [5.74, 6) is 0.829. The lowest BCUT2D eigenvalue weighted by atomic mass is 10.2. The number of aromatic nitrogens is 5. The summed E-state index contributed by atoms with van der Waals surface area (Å²) in [6.45, 7) is 3.06. The second kappa shape index (κ2) is 7.55. The van der Waals surface area contributed by atoms with Gasteiger partial charge in [-0.3, -0.25) is 4.40 Å². The third-order valence-electron chi connectivity index (χ3n) is 5.51.